The molecule has 23 heavy (non-hydrogen) atoms. The minimum atomic E-state index is -0.579. The third kappa shape index (κ3) is 4.73. The number of hydrogen-bond donors (Lipinski definition) is 1. The number of nitrogens with one attached hydrogen (secondary N) is 1. The molecule has 0 saturated heterocycles. The lowest BCUT2D eigenvalue weighted by Gasteiger charge is -2.20. The Bertz CT molecular complexity index is 682. The van der Waals surface area contributed by atoms with E-state index in [1.807, 2.05) is 6.92 Å². The van der Waals surface area contributed by atoms with Crippen LogP contribution in [0.5, 0.6) is 5.75 Å². The molecular formula is C19H22ClNO2. The van der Waals surface area contributed by atoms with Crippen molar-refractivity contribution in [1.29, 1.82) is 0 Å². The van der Waals surface area contributed by atoms with Gasteiger partial charge in [0.1, 0.15) is 5.75 Å². The highest BCUT2D eigenvalue weighted by Crippen LogP contribution is 2.20. The summed E-state index contributed by atoms with van der Waals surface area (Å²) in [5, 5.41) is 3.63. The summed E-state index contributed by atoms with van der Waals surface area (Å²) in [6, 6.07) is 13.1. The Morgan fingerprint density at radius 2 is 1.74 bits per heavy atom. The van der Waals surface area contributed by atoms with Crippen molar-refractivity contribution < 1.29 is 9.53 Å². The maximum atomic E-state index is 12.3. The number of halogens is 1. The van der Waals surface area contributed by atoms with E-state index in [0.29, 0.717) is 10.8 Å². The molecule has 0 fully saturated rings. The zero-order valence-electron chi connectivity index (χ0n) is 13.9. The van der Waals surface area contributed by atoms with E-state index in [-0.39, 0.29) is 11.9 Å². The monoisotopic (exact) mass is 331 g/mol. The van der Waals surface area contributed by atoms with Crippen LogP contribution in [0.25, 0.3) is 0 Å². The van der Waals surface area contributed by atoms with Crippen LogP contribution in [0.3, 0.4) is 0 Å². The number of benzene rings is 2. The lowest BCUT2D eigenvalue weighted by atomic mass is 10.0. The molecule has 0 heterocycles. The summed E-state index contributed by atoms with van der Waals surface area (Å²) < 4.78 is 5.65. The van der Waals surface area contributed by atoms with E-state index in [1.165, 1.54) is 11.1 Å². The lowest BCUT2D eigenvalue weighted by Crippen LogP contribution is -2.37. The first kappa shape index (κ1) is 17.4. The fourth-order valence-corrected chi connectivity index (χ4v) is 2.62. The van der Waals surface area contributed by atoms with Gasteiger partial charge in [-0.1, -0.05) is 35.4 Å². The molecule has 0 radical (unpaired) electrons. The van der Waals surface area contributed by atoms with Crippen molar-refractivity contribution in [2.45, 2.75) is 39.8 Å². The number of carbonyl (C=O) groups excluding carboxylic acids is 1. The Kier molecular flexibility index (Phi) is 5.67. The van der Waals surface area contributed by atoms with Crippen molar-refractivity contribution in [2.75, 3.05) is 0 Å². The third-order valence-corrected chi connectivity index (χ3v) is 4.00. The molecule has 1 N–H and O–H groups in total. The lowest BCUT2D eigenvalue weighted by molar-refractivity contribution is -0.127. The third-order valence-electron chi connectivity index (χ3n) is 3.75. The van der Waals surface area contributed by atoms with Gasteiger partial charge < -0.3 is 10.1 Å². The molecule has 0 unspecified atom stereocenters. The van der Waals surface area contributed by atoms with Crippen molar-refractivity contribution in [2.24, 2.45) is 0 Å². The Labute approximate surface area is 142 Å². The molecule has 4 heteroatoms. The predicted molar refractivity (Wildman–Crippen MR) is 94.0 cm³/mol. The average molecular weight is 332 g/mol. The summed E-state index contributed by atoms with van der Waals surface area (Å²) in [4.78, 5) is 12.3. The van der Waals surface area contributed by atoms with E-state index in [0.717, 1.165) is 5.56 Å². The van der Waals surface area contributed by atoms with Crippen molar-refractivity contribution in [3.63, 3.8) is 0 Å². The topological polar surface area (TPSA) is 38.3 Å². The van der Waals surface area contributed by atoms with Gasteiger partial charge in [-0.2, -0.15) is 0 Å². The normalized spacial score (nSPS) is 13.3. The molecular weight excluding hydrogens is 310 g/mol. The SMILES string of the molecule is Cc1ccc([C@H](C)NC(=O)[C@@H](C)Oc2ccc(Cl)cc2)c(C)c1. The molecule has 0 aliphatic carbocycles. The van der Waals surface area contributed by atoms with E-state index in [1.54, 1.807) is 31.2 Å². The first-order chi connectivity index (χ1) is 10.9. The van der Waals surface area contributed by atoms with Gasteiger partial charge in [0.15, 0.2) is 6.10 Å². The molecule has 2 rings (SSSR count). The quantitative estimate of drug-likeness (QED) is 0.869. The van der Waals surface area contributed by atoms with E-state index in [9.17, 15) is 4.79 Å². The van der Waals surface area contributed by atoms with Crippen LogP contribution in [0.2, 0.25) is 5.02 Å². The first-order valence-electron chi connectivity index (χ1n) is 7.66. The number of ether oxygens (including phenoxy) is 1. The fraction of sp³-hybridized carbons (Fsp3) is 0.316. The van der Waals surface area contributed by atoms with Gasteiger partial charge in [-0.3, -0.25) is 4.79 Å². The molecule has 122 valence electrons. The van der Waals surface area contributed by atoms with Gasteiger partial charge >= 0.3 is 0 Å². The van der Waals surface area contributed by atoms with Crippen LogP contribution < -0.4 is 10.1 Å². The molecule has 0 spiro atoms. The molecule has 0 aliphatic rings. The van der Waals surface area contributed by atoms with Gasteiger partial charge in [-0.25, -0.2) is 0 Å². The van der Waals surface area contributed by atoms with E-state index < -0.39 is 6.10 Å². The summed E-state index contributed by atoms with van der Waals surface area (Å²) in [5.74, 6) is 0.476. The number of rotatable bonds is 5. The van der Waals surface area contributed by atoms with Gasteiger partial charge in [-0.05, 0) is 63.1 Å². The number of hydrogen-bond acceptors (Lipinski definition) is 2. The molecule has 2 aromatic carbocycles. The van der Waals surface area contributed by atoms with Crippen molar-refractivity contribution in [1.82, 2.24) is 5.32 Å². The highest BCUT2D eigenvalue weighted by molar-refractivity contribution is 6.30. The Balaban J connectivity index is 1.98. The molecule has 1 amide bonds. The van der Waals surface area contributed by atoms with Crippen LogP contribution in [0.4, 0.5) is 0 Å². The first-order valence-corrected chi connectivity index (χ1v) is 8.04. The van der Waals surface area contributed by atoms with Gasteiger partial charge in [0.2, 0.25) is 0 Å². The smallest absolute Gasteiger partial charge is 0.261 e. The fourth-order valence-electron chi connectivity index (χ4n) is 2.49. The minimum Gasteiger partial charge on any atom is -0.481 e. The zero-order chi connectivity index (χ0) is 17.0. The molecule has 3 nitrogen and oxygen atoms in total. The maximum absolute atomic E-state index is 12.3. The maximum Gasteiger partial charge on any atom is 0.261 e. The van der Waals surface area contributed by atoms with Gasteiger partial charge in [0.05, 0.1) is 6.04 Å². The summed E-state index contributed by atoms with van der Waals surface area (Å²) in [5.41, 5.74) is 3.50. The van der Waals surface area contributed by atoms with E-state index in [2.05, 4.69) is 37.4 Å². The minimum absolute atomic E-state index is 0.0700. The van der Waals surface area contributed by atoms with Gasteiger partial charge in [-0.15, -0.1) is 0 Å². The van der Waals surface area contributed by atoms with Crippen LogP contribution in [-0.2, 0) is 4.79 Å². The van der Waals surface area contributed by atoms with E-state index in [4.69, 9.17) is 16.3 Å². The van der Waals surface area contributed by atoms with Crippen LogP contribution in [-0.4, -0.2) is 12.0 Å². The van der Waals surface area contributed by atoms with Crippen LogP contribution in [0, 0.1) is 13.8 Å². The Hall–Kier alpha value is -2.00. The largest absolute Gasteiger partial charge is 0.481 e. The van der Waals surface area contributed by atoms with Crippen molar-refractivity contribution >= 4 is 17.5 Å². The Morgan fingerprint density at radius 3 is 2.35 bits per heavy atom. The second-order valence-corrected chi connectivity index (χ2v) is 6.24. The standard InChI is InChI=1S/C19H22ClNO2/c1-12-5-10-18(13(2)11-12)14(3)21-19(22)15(4)23-17-8-6-16(20)7-9-17/h5-11,14-15H,1-4H3,(H,21,22)/t14-,15+/m0/s1. The number of aryl methyl sites for hydroxylation is 2. The van der Waals surface area contributed by atoms with E-state index >= 15 is 0 Å². The molecule has 2 aromatic rings. The second-order valence-electron chi connectivity index (χ2n) is 5.80. The number of amides is 1. The molecule has 0 saturated carbocycles. The molecule has 0 aliphatic heterocycles. The van der Waals surface area contributed by atoms with Crippen LogP contribution in [0.1, 0.15) is 36.6 Å². The predicted octanol–water partition coefficient (Wildman–Crippen LogP) is 4.60. The van der Waals surface area contributed by atoms with Gasteiger partial charge in [0, 0.05) is 5.02 Å². The second kappa shape index (κ2) is 7.51. The van der Waals surface area contributed by atoms with Crippen molar-refractivity contribution in [3.05, 3.63) is 64.2 Å². The summed E-state index contributed by atoms with van der Waals surface area (Å²) in [7, 11) is 0. The van der Waals surface area contributed by atoms with Crippen molar-refractivity contribution in [3.8, 4) is 5.75 Å². The average Bonchev–Trinajstić information content (AvgIpc) is 2.49. The Morgan fingerprint density at radius 1 is 1.09 bits per heavy atom. The zero-order valence-corrected chi connectivity index (χ0v) is 14.6. The number of carbonyl (C=O) groups is 1. The van der Waals surface area contributed by atoms with Gasteiger partial charge in [0.25, 0.3) is 5.91 Å². The van der Waals surface area contributed by atoms with Crippen LogP contribution >= 0.6 is 11.6 Å². The highest BCUT2D eigenvalue weighted by atomic mass is 35.5. The highest BCUT2D eigenvalue weighted by Gasteiger charge is 2.18. The summed E-state index contributed by atoms with van der Waals surface area (Å²) in [6.07, 6.45) is -0.579. The molecule has 2 atom stereocenters. The molecule has 0 aromatic heterocycles. The summed E-state index contributed by atoms with van der Waals surface area (Å²) in [6.45, 7) is 7.82. The summed E-state index contributed by atoms with van der Waals surface area (Å²) >= 11 is 5.84. The molecule has 0 bridgehead atoms. The van der Waals surface area contributed by atoms with Crippen LogP contribution in [0.15, 0.2) is 42.5 Å².